The topological polar surface area (TPSA) is 24.1 Å². The molecule has 2 nitrogen and oxygen atoms in total. The van der Waals surface area contributed by atoms with Gasteiger partial charge < -0.3 is 10.6 Å². The highest BCUT2D eigenvalue weighted by atomic mass is 15.0. The second-order valence-electron chi connectivity index (χ2n) is 8.02. The maximum Gasteiger partial charge on any atom is 0.00970 e. The van der Waals surface area contributed by atoms with Crippen molar-refractivity contribution in [2.75, 3.05) is 13.1 Å². The van der Waals surface area contributed by atoms with Crippen molar-refractivity contribution in [3.8, 4) is 0 Å². The Labute approximate surface area is 121 Å². The second-order valence-corrected chi connectivity index (χ2v) is 8.02. The minimum atomic E-state index is 0.241. The first kappa shape index (κ1) is 17.0. The van der Waals surface area contributed by atoms with Crippen molar-refractivity contribution in [2.24, 2.45) is 11.3 Å². The molecule has 1 aliphatic rings. The molecular weight excluding hydrogens is 232 g/mol. The zero-order chi connectivity index (χ0) is 14.5. The van der Waals surface area contributed by atoms with Gasteiger partial charge in [-0.1, -0.05) is 27.2 Å². The molecule has 0 saturated heterocycles. The molecule has 19 heavy (non-hydrogen) atoms. The van der Waals surface area contributed by atoms with Crippen molar-refractivity contribution in [2.45, 2.75) is 85.2 Å². The normalized spacial score (nSPS) is 25.6. The Hall–Kier alpha value is -0.0800. The summed E-state index contributed by atoms with van der Waals surface area (Å²) in [5, 5.41) is 7.26. The number of hydrogen-bond acceptors (Lipinski definition) is 2. The van der Waals surface area contributed by atoms with Gasteiger partial charge in [0.1, 0.15) is 0 Å². The molecule has 1 rings (SSSR count). The molecule has 0 radical (unpaired) electrons. The van der Waals surface area contributed by atoms with E-state index < -0.39 is 0 Å². The van der Waals surface area contributed by atoms with Crippen LogP contribution in [0.4, 0.5) is 0 Å². The van der Waals surface area contributed by atoms with Crippen LogP contribution >= 0.6 is 0 Å². The van der Waals surface area contributed by atoms with Crippen LogP contribution in [-0.4, -0.2) is 24.7 Å². The van der Waals surface area contributed by atoms with Crippen molar-refractivity contribution < 1.29 is 0 Å². The van der Waals surface area contributed by atoms with Gasteiger partial charge in [0.05, 0.1) is 0 Å². The van der Waals surface area contributed by atoms with Crippen molar-refractivity contribution >= 4 is 0 Å². The second kappa shape index (κ2) is 7.08. The van der Waals surface area contributed by atoms with E-state index in [1.165, 1.54) is 32.1 Å². The maximum absolute atomic E-state index is 3.72. The average molecular weight is 268 g/mol. The first-order chi connectivity index (χ1) is 8.74. The summed E-state index contributed by atoms with van der Waals surface area (Å²) < 4.78 is 0. The summed E-state index contributed by atoms with van der Waals surface area (Å²) >= 11 is 0. The average Bonchev–Trinajstić information content (AvgIpc) is 2.34. The molecule has 0 aliphatic heterocycles. The minimum Gasteiger partial charge on any atom is -0.313 e. The lowest BCUT2D eigenvalue weighted by atomic mass is 9.69. The Morgan fingerprint density at radius 3 is 1.95 bits per heavy atom. The van der Waals surface area contributed by atoms with E-state index in [9.17, 15) is 0 Å². The third-order valence-corrected chi connectivity index (χ3v) is 4.96. The van der Waals surface area contributed by atoms with Crippen molar-refractivity contribution in [1.82, 2.24) is 10.6 Å². The van der Waals surface area contributed by atoms with Gasteiger partial charge in [-0.2, -0.15) is 0 Å². The molecule has 1 saturated carbocycles. The lowest BCUT2D eigenvalue weighted by molar-refractivity contribution is 0.137. The highest BCUT2D eigenvalue weighted by molar-refractivity contribution is 4.85. The number of rotatable bonds is 6. The van der Waals surface area contributed by atoms with E-state index in [-0.39, 0.29) is 5.54 Å². The van der Waals surface area contributed by atoms with Gasteiger partial charge in [-0.15, -0.1) is 0 Å². The molecule has 0 aromatic carbocycles. The summed E-state index contributed by atoms with van der Waals surface area (Å²) in [6.07, 6.45) is 6.86. The predicted octanol–water partition coefficient (Wildman–Crippen LogP) is 3.96. The Kier molecular flexibility index (Phi) is 6.32. The minimum absolute atomic E-state index is 0.241. The summed E-state index contributed by atoms with van der Waals surface area (Å²) in [5.41, 5.74) is 0.781. The van der Waals surface area contributed by atoms with Crippen LogP contribution in [0.2, 0.25) is 0 Å². The van der Waals surface area contributed by atoms with Crippen LogP contribution in [0.1, 0.15) is 73.6 Å². The number of nitrogens with one attached hydrogen (secondary N) is 2. The molecule has 0 aromatic rings. The Morgan fingerprint density at radius 1 is 0.895 bits per heavy atom. The molecule has 1 aliphatic carbocycles. The van der Waals surface area contributed by atoms with E-state index in [1.807, 2.05) is 0 Å². The molecule has 114 valence electrons. The van der Waals surface area contributed by atoms with Gasteiger partial charge in [0.2, 0.25) is 0 Å². The van der Waals surface area contributed by atoms with Gasteiger partial charge in [0.15, 0.2) is 0 Å². The van der Waals surface area contributed by atoms with Crippen LogP contribution in [0, 0.1) is 11.3 Å². The first-order valence-electron chi connectivity index (χ1n) is 8.23. The van der Waals surface area contributed by atoms with E-state index in [0.717, 1.165) is 25.0 Å². The summed E-state index contributed by atoms with van der Waals surface area (Å²) in [5.74, 6) is 0.934. The van der Waals surface area contributed by atoms with Gasteiger partial charge in [-0.25, -0.2) is 0 Å². The van der Waals surface area contributed by atoms with E-state index in [2.05, 4.69) is 52.2 Å². The maximum atomic E-state index is 3.72. The fourth-order valence-electron chi connectivity index (χ4n) is 3.08. The van der Waals surface area contributed by atoms with Crippen LogP contribution in [-0.2, 0) is 0 Å². The molecule has 2 N–H and O–H groups in total. The first-order valence-corrected chi connectivity index (χ1v) is 8.23. The Morgan fingerprint density at radius 2 is 1.47 bits per heavy atom. The Bertz CT molecular complexity index is 244. The number of hydrogen-bond donors (Lipinski definition) is 2. The van der Waals surface area contributed by atoms with Gasteiger partial charge in [-0.3, -0.25) is 0 Å². The fraction of sp³-hybridized carbons (Fsp3) is 1.00. The van der Waals surface area contributed by atoms with Crippen LogP contribution in [0.25, 0.3) is 0 Å². The van der Waals surface area contributed by atoms with Crippen molar-refractivity contribution in [1.29, 1.82) is 0 Å². The summed E-state index contributed by atoms with van der Waals surface area (Å²) in [6.45, 7) is 16.1. The fourth-order valence-corrected chi connectivity index (χ4v) is 3.08. The van der Waals surface area contributed by atoms with Gasteiger partial charge in [0.25, 0.3) is 0 Å². The molecule has 0 amide bonds. The molecule has 0 bridgehead atoms. The Balaban J connectivity index is 2.17. The third-order valence-electron chi connectivity index (χ3n) is 4.96. The summed E-state index contributed by atoms with van der Waals surface area (Å²) in [4.78, 5) is 0. The quantitative estimate of drug-likeness (QED) is 0.713. The zero-order valence-electron chi connectivity index (χ0n) is 14.1. The standard InChI is InChI=1S/C17H36N2/c1-7-17(5,6)14-8-10-15(11-9-14)18-12-13-19-16(2,3)4/h14-15,18-19H,7-13H2,1-6H3. The largest absolute Gasteiger partial charge is 0.313 e. The molecule has 2 heteroatoms. The van der Waals surface area contributed by atoms with E-state index in [1.54, 1.807) is 0 Å². The summed E-state index contributed by atoms with van der Waals surface area (Å²) in [6, 6.07) is 0.755. The lowest BCUT2D eigenvalue weighted by Crippen LogP contribution is -2.43. The highest BCUT2D eigenvalue weighted by Crippen LogP contribution is 2.40. The van der Waals surface area contributed by atoms with E-state index in [4.69, 9.17) is 0 Å². The smallest absolute Gasteiger partial charge is 0.00970 e. The highest BCUT2D eigenvalue weighted by Gasteiger charge is 2.31. The van der Waals surface area contributed by atoms with Gasteiger partial charge >= 0.3 is 0 Å². The van der Waals surface area contributed by atoms with Crippen molar-refractivity contribution in [3.63, 3.8) is 0 Å². The lowest BCUT2D eigenvalue weighted by Gasteiger charge is -2.39. The van der Waals surface area contributed by atoms with Crippen LogP contribution in [0.5, 0.6) is 0 Å². The van der Waals surface area contributed by atoms with E-state index >= 15 is 0 Å². The summed E-state index contributed by atoms with van der Waals surface area (Å²) in [7, 11) is 0. The molecule has 1 fully saturated rings. The van der Waals surface area contributed by atoms with Crippen LogP contribution < -0.4 is 10.6 Å². The molecule has 0 heterocycles. The third kappa shape index (κ3) is 6.27. The molecule has 0 aromatic heterocycles. The zero-order valence-corrected chi connectivity index (χ0v) is 14.1. The molecule has 0 unspecified atom stereocenters. The van der Waals surface area contributed by atoms with Gasteiger partial charge in [0, 0.05) is 24.7 Å². The van der Waals surface area contributed by atoms with E-state index in [0.29, 0.717) is 5.41 Å². The molecule has 0 spiro atoms. The predicted molar refractivity (Wildman–Crippen MR) is 85.6 cm³/mol. The van der Waals surface area contributed by atoms with Gasteiger partial charge in [-0.05, 0) is 57.8 Å². The molecular formula is C17H36N2. The monoisotopic (exact) mass is 268 g/mol. The van der Waals surface area contributed by atoms with Crippen molar-refractivity contribution in [3.05, 3.63) is 0 Å². The van der Waals surface area contributed by atoms with Crippen LogP contribution in [0.15, 0.2) is 0 Å². The molecule has 0 atom stereocenters. The van der Waals surface area contributed by atoms with Crippen LogP contribution in [0.3, 0.4) is 0 Å². The SMILES string of the molecule is CCC(C)(C)C1CCC(NCCNC(C)(C)C)CC1.